The highest BCUT2D eigenvalue weighted by molar-refractivity contribution is 5.68. The zero-order valence-corrected chi connectivity index (χ0v) is 13.7. The molecule has 0 bridgehead atoms. The van der Waals surface area contributed by atoms with Gasteiger partial charge in [0.15, 0.2) is 0 Å². The summed E-state index contributed by atoms with van der Waals surface area (Å²) in [5, 5.41) is 3.33. The third-order valence-corrected chi connectivity index (χ3v) is 2.86. The first-order valence-electron chi connectivity index (χ1n) is 7.39. The van der Waals surface area contributed by atoms with Crippen molar-refractivity contribution in [3.05, 3.63) is 30.1 Å². The van der Waals surface area contributed by atoms with E-state index in [4.69, 9.17) is 4.74 Å². The molecule has 0 radical (unpaired) electrons. The maximum absolute atomic E-state index is 12.1. The Morgan fingerprint density at radius 1 is 1.33 bits per heavy atom. The molecule has 0 aliphatic rings. The summed E-state index contributed by atoms with van der Waals surface area (Å²) in [5.41, 5.74) is 0.715. The van der Waals surface area contributed by atoms with E-state index in [1.54, 1.807) is 17.3 Å². The lowest BCUT2D eigenvalue weighted by atomic mass is 10.2. The van der Waals surface area contributed by atoms with Crippen LogP contribution in [0.15, 0.2) is 24.5 Å². The van der Waals surface area contributed by atoms with E-state index >= 15 is 0 Å². The van der Waals surface area contributed by atoms with Crippen molar-refractivity contribution < 1.29 is 9.53 Å². The number of nitrogens with one attached hydrogen (secondary N) is 1. The van der Waals surface area contributed by atoms with Crippen LogP contribution in [-0.2, 0) is 11.3 Å². The summed E-state index contributed by atoms with van der Waals surface area (Å²) in [7, 11) is 0. The SMILES string of the molecule is CC(C)N(CCNCc1ccncc1)C(=O)OC(C)(C)C. The topological polar surface area (TPSA) is 54.5 Å². The quantitative estimate of drug-likeness (QED) is 0.819. The van der Waals surface area contributed by atoms with E-state index in [-0.39, 0.29) is 12.1 Å². The molecule has 1 aromatic rings. The van der Waals surface area contributed by atoms with E-state index in [2.05, 4.69) is 10.3 Å². The fourth-order valence-electron chi connectivity index (χ4n) is 1.81. The van der Waals surface area contributed by atoms with Crippen molar-refractivity contribution >= 4 is 6.09 Å². The van der Waals surface area contributed by atoms with Gasteiger partial charge in [0, 0.05) is 38.1 Å². The number of carbonyl (C=O) groups is 1. The number of ether oxygens (including phenoxy) is 1. The van der Waals surface area contributed by atoms with Gasteiger partial charge in [0.05, 0.1) is 0 Å². The summed E-state index contributed by atoms with van der Waals surface area (Å²) >= 11 is 0. The molecule has 1 rings (SSSR count). The van der Waals surface area contributed by atoms with E-state index in [1.807, 2.05) is 46.8 Å². The standard InChI is InChI=1S/C16H27N3O2/c1-13(2)19(15(20)21-16(3,4)5)11-10-18-12-14-6-8-17-9-7-14/h6-9,13,18H,10-12H2,1-5H3. The van der Waals surface area contributed by atoms with Crippen LogP contribution in [0.3, 0.4) is 0 Å². The second-order valence-electron chi connectivity index (χ2n) is 6.30. The average molecular weight is 293 g/mol. The van der Waals surface area contributed by atoms with E-state index < -0.39 is 5.60 Å². The second-order valence-corrected chi connectivity index (χ2v) is 6.30. The Bertz CT molecular complexity index is 427. The van der Waals surface area contributed by atoms with Crippen LogP contribution in [0.1, 0.15) is 40.2 Å². The number of nitrogens with zero attached hydrogens (tertiary/aromatic N) is 2. The molecule has 1 N–H and O–H groups in total. The first-order chi connectivity index (χ1) is 9.79. The van der Waals surface area contributed by atoms with Crippen LogP contribution in [0, 0.1) is 0 Å². The number of pyridine rings is 1. The van der Waals surface area contributed by atoms with Crippen molar-refractivity contribution in [3.8, 4) is 0 Å². The molecular weight excluding hydrogens is 266 g/mol. The highest BCUT2D eigenvalue weighted by atomic mass is 16.6. The summed E-state index contributed by atoms with van der Waals surface area (Å²) in [6.45, 7) is 11.7. The molecule has 0 fully saturated rings. The predicted octanol–water partition coefficient (Wildman–Crippen LogP) is 2.82. The van der Waals surface area contributed by atoms with Crippen LogP contribution < -0.4 is 5.32 Å². The van der Waals surface area contributed by atoms with Gasteiger partial charge in [0.25, 0.3) is 0 Å². The molecule has 0 aliphatic carbocycles. The zero-order chi connectivity index (χ0) is 15.9. The lowest BCUT2D eigenvalue weighted by Crippen LogP contribution is -2.44. The molecule has 0 saturated carbocycles. The molecule has 0 aromatic carbocycles. The number of aromatic nitrogens is 1. The summed E-state index contributed by atoms with van der Waals surface area (Å²) in [6.07, 6.45) is 3.29. The van der Waals surface area contributed by atoms with Gasteiger partial charge in [-0.2, -0.15) is 0 Å². The molecule has 5 nitrogen and oxygen atoms in total. The second kappa shape index (κ2) is 7.98. The zero-order valence-electron chi connectivity index (χ0n) is 13.7. The lowest BCUT2D eigenvalue weighted by molar-refractivity contribution is 0.0193. The third-order valence-electron chi connectivity index (χ3n) is 2.86. The Morgan fingerprint density at radius 3 is 2.48 bits per heavy atom. The van der Waals surface area contributed by atoms with Crippen LogP contribution in [0.25, 0.3) is 0 Å². The van der Waals surface area contributed by atoms with Crippen LogP contribution in [-0.4, -0.2) is 40.7 Å². The highest BCUT2D eigenvalue weighted by Gasteiger charge is 2.23. The average Bonchev–Trinajstić information content (AvgIpc) is 2.37. The van der Waals surface area contributed by atoms with E-state index in [0.29, 0.717) is 6.54 Å². The number of rotatable bonds is 6. The summed E-state index contributed by atoms with van der Waals surface area (Å²) < 4.78 is 5.43. The molecule has 0 spiro atoms. The van der Waals surface area contributed by atoms with Crippen LogP contribution >= 0.6 is 0 Å². The Labute approximate surface area is 127 Å². The van der Waals surface area contributed by atoms with Crippen molar-refractivity contribution in [2.45, 2.75) is 52.8 Å². The number of hydrogen-bond donors (Lipinski definition) is 1. The minimum absolute atomic E-state index is 0.113. The third kappa shape index (κ3) is 7.09. The molecule has 5 heteroatoms. The molecule has 0 saturated heterocycles. The van der Waals surface area contributed by atoms with Gasteiger partial charge < -0.3 is 15.0 Å². The Morgan fingerprint density at radius 2 is 1.95 bits per heavy atom. The van der Waals surface area contributed by atoms with E-state index in [9.17, 15) is 4.79 Å². The molecule has 0 aliphatic heterocycles. The largest absolute Gasteiger partial charge is 0.444 e. The first-order valence-corrected chi connectivity index (χ1v) is 7.39. The Kier molecular flexibility index (Phi) is 6.62. The van der Waals surface area contributed by atoms with Crippen LogP contribution in [0.5, 0.6) is 0 Å². The minimum atomic E-state index is -0.464. The van der Waals surface area contributed by atoms with E-state index in [0.717, 1.165) is 13.1 Å². The number of carbonyl (C=O) groups excluding carboxylic acids is 1. The summed E-state index contributed by atoms with van der Waals surface area (Å²) in [4.78, 5) is 17.9. The maximum atomic E-state index is 12.1. The molecule has 0 atom stereocenters. The molecule has 21 heavy (non-hydrogen) atoms. The predicted molar refractivity (Wildman–Crippen MR) is 84.0 cm³/mol. The van der Waals surface area contributed by atoms with Crippen molar-refractivity contribution in [2.75, 3.05) is 13.1 Å². The van der Waals surface area contributed by atoms with Crippen LogP contribution in [0.4, 0.5) is 4.79 Å². The van der Waals surface area contributed by atoms with Crippen molar-refractivity contribution in [3.63, 3.8) is 0 Å². The Hall–Kier alpha value is -1.62. The van der Waals surface area contributed by atoms with Gasteiger partial charge in [0.2, 0.25) is 0 Å². The first kappa shape index (κ1) is 17.4. The monoisotopic (exact) mass is 293 g/mol. The van der Waals surface area contributed by atoms with Crippen LogP contribution in [0.2, 0.25) is 0 Å². The van der Waals surface area contributed by atoms with Crippen molar-refractivity contribution in [1.29, 1.82) is 0 Å². The Balaban J connectivity index is 2.39. The maximum Gasteiger partial charge on any atom is 0.410 e. The van der Waals surface area contributed by atoms with Gasteiger partial charge in [-0.3, -0.25) is 4.98 Å². The number of hydrogen-bond acceptors (Lipinski definition) is 4. The fourth-order valence-corrected chi connectivity index (χ4v) is 1.81. The molecule has 1 aromatic heterocycles. The van der Waals surface area contributed by atoms with Crippen molar-refractivity contribution in [1.82, 2.24) is 15.2 Å². The normalized spacial score (nSPS) is 11.5. The van der Waals surface area contributed by atoms with Gasteiger partial charge in [-0.1, -0.05) is 0 Å². The van der Waals surface area contributed by atoms with Gasteiger partial charge in [-0.05, 0) is 52.3 Å². The lowest BCUT2D eigenvalue weighted by Gasteiger charge is -2.30. The molecule has 1 amide bonds. The van der Waals surface area contributed by atoms with Gasteiger partial charge >= 0.3 is 6.09 Å². The van der Waals surface area contributed by atoms with Gasteiger partial charge in [0.1, 0.15) is 5.60 Å². The summed E-state index contributed by atoms with van der Waals surface area (Å²) in [6, 6.07) is 4.06. The fraction of sp³-hybridized carbons (Fsp3) is 0.625. The molecule has 118 valence electrons. The molecule has 0 unspecified atom stereocenters. The summed E-state index contributed by atoms with van der Waals surface area (Å²) in [5.74, 6) is 0. The highest BCUT2D eigenvalue weighted by Crippen LogP contribution is 2.11. The number of amides is 1. The minimum Gasteiger partial charge on any atom is -0.444 e. The molecular formula is C16H27N3O2. The van der Waals surface area contributed by atoms with Crippen molar-refractivity contribution in [2.24, 2.45) is 0 Å². The van der Waals surface area contributed by atoms with E-state index in [1.165, 1.54) is 5.56 Å². The van der Waals surface area contributed by atoms with Gasteiger partial charge in [-0.15, -0.1) is 0 Å². The smallest absolute Gasteiger partial charge is 0.410 e. The van der Waals surface area contributed by atoms with Gasteiger partial charge in [-0.25, -0.2) is 4.79 Å². The molecule has 1 heterocycles.